The Hall–Kier alpha value is -1.95. The van der Waals surface area contributed by atoms with Gasteiger partial charge in [0.25, 0.3) is 0 Å². The van der Waals surface area contributed by atoms with Crippen molar-refractivity contribution in [2.24, 2.45) is 5.92 Å². The Balaban J connectivity index is 1.62. The van der Waals surface area contributed by atoms with E-state index in [0.717, 1.165) is 11.3 Å². The highest BCUT2D eigenvalue weighted by atomic mass is 19.1. The molecule has 24 heavy (non-hydrogen) atoms. The van der Waals surface area contributed by atoms with Gasteiger partial charge in [0.1, 0.15) is 6.17 Å². The quantitative estimate of drug-likeness (QED) is 0.905. The lowest BCUT2D eigenvalue weighted by Crippen LogP contribution is -2.42. The molecule has 1 N–H and O–H groups in total. The van der Waals surface area contributed by atoms with E-state index in [9.17, 15) is 14.0 Å². The Morgan fingerprint density at radius 2 is 2.04 bits per heavy atom. The zero-order valence-electron chi connectivity index (χ0n) is 13.7. The van der Waals surface area contributed by atoms with Crippen molar-refractivity contribution < 1.29 is 18.7 Å². The molecule has 2 heterocycles. The van der Waals surface area contributed by atoms with Crippen LogP contribution in [0.5, 0.6) is 0 Å². The van der Waals surface area contributed by atoms with Gasteiger partial charge in [-0.15, -0.1) is 0 Å². The van der Waals surface area contributed by atoms with Gasteiger partial charge < -0.3 is 15.0 Å². The molecule has 128 valence electrons. The van der Waals surface area contributed by atoms with Gasteiger partial charge in [0.15, 0.2) is 0 Å². The van der Waals surface area contributed by atoms with Crippen LogP contribution >= 0.6 is 0 Å². The van der Waals surface area contributed by atoms with Crippen LogP contribution in [-0.4, -0.2) is 38.2 Å². The zero-order chi connectivity index (χ0) is 16.9. The lowest BCUT2D eigenvalue weighted by Gasteiger charge is -2.32. The van der Waals surface area contributed by atoms with Gasteiger partial charge in [-0.2, -0.15) is 0 Å². The first-order valence-electron chi connectivity index (χ1n) is 8.47. The number of anilines is 2. The second-order valence-electron chi connectivity index (χ2n) is 7.05. The first-order chi connectivity index (χ1) is 11.5. The molecule has 2 fully saturated rings. The third-order valence-electron chi connectivity index (χ3n) is 5.65. The maximum absolute atomic E-state index is 12.9. The van der Waals surface area contributed by atoms with Crippen LogP contribution in [0.2, 0.25) is 0 Å². The highest BCUT2D eigenvalue weighted by Crippen LogP contribution is 2.48. The van der Waals surface area contributed by atoms with Crippen molar-refractivity contribution in [2.45, 2.75) is 37.3 Å². The van der Waals surface area contributed by atoms with Gasteiger partial charge in [-0.05, 0) is 49.4 Å². The number of rotatable bonds is 2. The number of halogens is 1. The fraction of sp³-hybridized carbons (Fsp3) is 0.556. The second-order valence-corrected chi connectivity index (χ2v) is 7.05. The maximum atomic E-state index is 12.9. The van der Waals surface area contributed by atoms with Gasteiger partial charge >= 0.3 is 0 Å². The Kier molecular flexibility index (Phi) is 3.60. The monoisotopic (exact) mass is 332 g/mol. The van der Waals surface area contributed by atoms with Crippen LogP contribution in [0, 0.1) is 5.92 Å². The smallest absolute Gasteiger partial charge is 0.237 e. The maximum Gasteiger partial charge on any atom is 0.237 e. The van der Waals surface area contributed by atoms with Crippen LogP contribution in [0.1, 0.15) is 31.2 Å². The first kappa shape index (κ1) is 15.6. The molecule has 1 saturated heterocycles. The topological polar surface area (TPSA) is 58.6 Å². The summed E-state index contributed by atoms with van der Waals surface area (Å²) in [6.07, 6.45) is 1.08. The fourth-order valence-corrected chi connectivity index (χ4v) is 4.05. The number of hydrogen-bond donors (Lipinski definition) is 1. The normalized spacial score (nSPS) is 27.8. The summed E-state index contributed by atoms with van der Waals surface area (Å²) in [6, 6.07) is 5.60. The molecule has 1 aliphatic carbocycles. The predicted octanol–water partition coefficient (Wildman–Crippen LogP) is 2.40. The largest absolute Gasteiger partial charge is 0.381 e. The van der Waals surface area contributed by atoms with E-state index in [4.69, 9.17) is 4.74 Å². The highest BCUT2D eigenvalue weighted by molar-refractivity contribution is 6.08. The summed E-state index contributed by atoms with van der Waals surface area (Å²) in [5, 5.41) is 2.88. The number of nitrogens with zero attached hydrogens (tertiary/aromatic N) is 1. The van der Waals surface area contributed by atoms with Crippen LogP contribution in [-0.2, 0) is 19.7 Å². The summed E-state index contributed by atoms with van der Waals surface area (Å²) >= 11 is 0. The summed E-state index contributed by atoms with van der Waals surface area (Å²) in [7, 11) is 1.79. The number of hydrogen-bond acceptors (Lipinski definition) is 3. The number of fused-ring (bicyclic) bond motifs is 2. The van der Waals surface area contributed by atoms with E-state index in [1.807, 2.05) is 18.2 Å². The Labute approximate surface area is 140 Å². The number of alkyl halides is 1. The van der Waals surface area contributed by atoms with Crippen molar-refractivity contribution in [2.75, 3.05) is 30.5 Å². The summed E-state index contributed by atoms with van der Waals surface area (Å²) in [4.78, 5) is 26.7. The van der Waals surface area contributed by atoms with Crippen molar-refractivity contribution in [3.63, 3.8) is 0 Å². The van der Waals surface area contributed by atoms with Gasteiger partial charge in [-0.3, -0.25) is 9.59 Å². The van der Waals surface area contributed by atoms with Crippen molar-refractivity contribution in [1.82, 2.24) is 0 Å². The van der Waals surface area contributed by atoms with Crippen molar-refractivity contribution in [3.8, 4) is 0 Å². The third-order valence-corrected chi connectivity index (χ3v) is 5.65. The van der Waals surface area contributed by atoms with Crippen molar-refractivity contribution in [3.05, 3.63) is 23.8 Å². The van der Waals surface area contributed by atoms with Crippen LogP contribution in [0.4, 0.5) is 15.8 Å². The van der Waals surface area contributed by atoms with Crippen molar-refractivity contribution in [1.29, 1.82) is 0 Å². The van der Waals surface area contributed by atoms with E-state index in [2.05, 4.69) is 5.32 Å². The molecule has 1 aromatic carbocycles. The number of likely N-dealkylation sites (N-methyl/N-ethyl adjacent to an activating group) is 1. The molecule has 0 atom stereocenters. The SMILES string of the molecule is CN1C(=O)C2(CCOCC2)c2cc(NC(=O)C3CC(F)C3)ccc21. The minimum Gasteiger partial charge on any atom is -0.381 e. The Bertz CT molecular complexity index is 694. The molecule has 2 amide bonds. The lowest BCUT2D eigenvalue weighted by molar-refractivity contribution is -0.126. The van der Waals surface area contributed by atoms with Gasteiger partial charge in [-0.25, -0.2) is 4.39 Å². The Morgan fingerprint density at radius 3 is 2.71 bits per heavy atom. The molecule has 3 aliphatic rings. The van der Waals surface area contributed by atoms with Gasteiger partial charge in [-0.1, -0.05) is 0 Å². The van der Waals surface area contributed by atoms with Crippen LogP contribution in [0.25, 0.3) is 0 Å². The summed E-state index contributed by atoms with van der Waals surface area (Å²) in [5.74, 6) is -0.277. The van der Waals surface area contributed by atoms with E-state index in [1.54, 1.807) is 11.9 Å². The highest BCUT2D eigenvalue weighted by Gasteiger charge is 2.50. The lowest BCUT2D eigenvalue weighted by atomic mass is 9.75. The van der Waals surface area contributed by atoms with E-state index >= 15 is 0 Å². The van der Waals surface area contributed by atoms with Crippen molar-refractivity contribution >= 4 is 23.2 Å². The molecule has 4 rings (SSSR count). The van der Waals surface area contributed by atoms with Crippen LogP contribution in [0.3, 0.4) is 0 Å². The minimum atomic E-state index is -0.849. The van der Waals surface area contributed by atoms with E-state index in [0.29, 0.717) is 44.6 Å². The number of carbonyl (C=O) groups is 2. The van der Waals surface area contributed by atoms with E-state index in [1.165, 1.54) is 0 Å². The zero-order valence-corrected chi connectivity index (χ0v) is 13.7. The molecule has 1 saturated carbocycles. The molecule has 1 spiro atoms. The standard InChI is InChI=1S/C18H21FN2O3/c1-21-15-3-2-13(20-16(22)11-8-12(19)9-11)10-14(15)18(17(21)23)4-6-24-7-5-18/h2-3,10-12H,4-9H2,1H3,(H,20,22). The number of amides is 2. The molecule has 2 aliphatic heterocycles. The molecule has 0 aromatic heterocycles. The fourth-order valence-electron chi connectivity index (χ4n) is 4.05. The minimum absolute atomic E-state index is 0.101. The molecular formula is C18H21FN2O3. The summed E-state index contributed by atoms with van der Waals surface area (Å²) < 4.78 is 18.4. The summed E-state index contributed by atoms with van der Waals surface area (Å²) in [6.45, 7) is 1.13. The average Bonchev–Trinajstić information content (AvgIpc) is 2.75. The molecule has 0 radical (unpaired) electrons. The molecule has 1 aromatic rings. The van der Waals surface area contributed by atoms with Gasteiger partial charge in [0, 0.05) is 37.6 Å². The molecular weight excluding hydrogens is 311 g/mol. The van der Waals surface area contributed by atoms with Crippen LogP contribution in [0.15, 0.2) is 18.2 Å². The predicted molar refractivity (Wildman–Crippen MR) is 87.8 cm³/mol. The second kappa shape index (κ2) is 5.55. The number of benzene rings is 1. The van der Waals surface area contributed by atoms with E-state index < -0.39 is 11.6 Å². The average molecular weight is 332 g/mol. The third kappa shape index (κ3) is 2.24. The number of carbonyl (C=O) groups excluding carboxylic acids is 2. The molecule has 0 unspecified atom stereocenters. The molecule has 6 heteroatoms. The first-order valence-corrected chi connectivity index (χ1v) is 8.47. The number of ether oxygens (including phenoxy) is 1. The molecule has 5 nitrogen and oxygen atoms in total. The van der Waals surface area contributed by atoms with Gasteiger partial charge in [0.05, 0.1) is 5.41 Å². The Morgan fingerprint density at radius 1 is 1.33 bits per heavy atom. The van der Waals surface area contributed by atoms with Crippen LogP contribution < -0.4 is 10.2 Å². The molecule has 0 bridgehead atoms. The van der Waals surface area contributed by atoms with Gasteiger partial charge in [0.2, 0.25) is 11.8 Å². The van der Waals surface area contributed by atoms with E-state index in [-0.39, 0.29) is 17.7 Å². The number of nitrogens with one attached hydrogen (secondary N) is 1. The summed E-state index contributed by atoms with van der Waals surface area (Å²) in [5.41, 5.74) is 2.00.